The first-order valence-electron chi connectivity index (χ1n) is 4.90. The lowest BCUT2D eigenvalue weighted by molar-refractivity contribution is -0.109. The number of allylic oxidation sites excluding steroid dienone is 3. The molecule has 1 amide bonds. The number of carbonyl (C=O) groups is 1. The molecule has 2 heteroatoms. The molecule has 0 rings (SSSR count). The van der Waals surface area contributed by atoms with E-state index in [1.165, 1.54) is 19.3 Å². The summed E-state index contributed by atoms with van der Waals surface area (Å²) in [7, 11) is 0. The summed E-state index contributed by atoms with van der Waals surface area (Å²) in [5.41, 5.74) is 0. The van der Waals surface area contributed by atoms with E-state index in [1.807, 2.05) is 18.2 Å². The molecule has 0 saturated heterocycles. The number of hydrogen-bond donors (Lipinski definition) is 1. The number of amides is 1. The summed E-state index contributed by atoms with van der Waals surface area (Å²) in [6.07, 6.45) is 13.8. The van der Waals surface area contributed by atoms with Crippen molar-refractivity contribution < 1.29 is 4.79 Å². The third-order valence-corrected chi connectivity index (χ3v) is 1.68. The van der Waals surface area contributed by atoms with E-state index >= 15 is 0 Å². The molecule has 74 valence electrons. The van der Waals surface area contributed by atoms with E-state index in [0.29, 0.717) is 13.0 Å². The maximum Gasteiger partial charge on any atom is 0.207 e. The standard InChI is InChI=1S/C11H19NO/c1-2-3-4-5-6-7-8-9-10-12-11-13/h6-9,11H,2-5,10H2,1H3,(H,12,13). The van der Waals surface area contributed by atoms with Crippen LogP contribution in [-0.4, -0.2) is 13.0 Å². The van der Waals surface area contributed by atoms with Gasteiger partial charge in [-0.15, -0.1) is 0 Å². The zero-order valence-corrected chi connectivity index (χ0v) is 8.33. The van der Waals surface area contributed by atoms with Crippen molar-refractivity contribution in [1.29, 1.82) is 0 Å². The van der Waals surface area contributed by atoms with Gasteiger partial charge in [-0.05, 0) is 12.8 Å². The Labute approximate surface area is 80.7 Å². The third-order valence-electron chi connectivity index (χ3n) is 1.68. The van der Waals surface area contributed by atoms with Crippen molar-refractivity contribution in [2.75, 3.05) is 6.54 Å². The van der Waals surface area contributed by atoms with Crippen LogP contribution < -0.4 is 5.32 Å². The first-order valence-corrected chi connectivity index (χ1v) is 4.90. The SMILES string of the molecule is CCCCCC=CC=CCNC=O. The van der Waals surface area contributed by atoms with Gasteiger partial charge in [-0.25, -0.2) is 0 Å². The predicted molar refractivity (Wildman–Crippen MR) is 56.5 cm³/mol. The lowest BCUT2D eigenvalue weighted by atomic mass is 10.2. The molecular weight excluding hydrogens is 162 g/mol. The second kappa shape index (κ2) is 11.0. The minimum atomic E-state index is 0.614. The summed E-state index contributed by atoms with van der Waals surface area (Å²) in [6, 6.07) is 0. The van der Waals surface area contributed by atoms with E-state index in [1.54, 1.807) is 0 Å². The molecule has 0 heterocycles. The van der Waals surface area contributed by atoms with Crippen LogP contribution in [0.3, 0.4) is 0 Å². The predicted octanol–water partition coefficient (Wildman–Crippen LogP) is 2.43. The number of unbranched alkanes of at least 4 members (excludes halogenated alkanes) is 3. The molecule has 0 atom stereocenters. The zero-order valence-electron chi connectivity index (χ0n) is 8.33. The molecule has 0 aromatic carbocycles. The lowest BCUT2D eigenvalue weighted by Crippen LogP contribution is -2.08. The topological polar surface area (TPSA) is 29.1 Å². The van der Waals surface area contributed by atoms with E-state index < -0.39 is 0 Å². The molecule has 0 aliphatic heterocycles. The van der Waals surface area contributed by atoms with Gasteiger partial charge >= 0.3 is 0 Å². The smallest absolute Gasteiger partial charge is 0.207 e. The molecule has 0 aliphatic carbocycles. The van der Waals surface area contributed by atoms with Crippen molar-refractivity contribution >= 4 is 6.41 Å². The van der Waals surface area contributed by atoms with E-state index in [-0.39, 0.29) is 0 Å². The summed E-state index contributed by atoms with van der Waals surface area (Å²) in [5, 5.41) is 2.56. The van der Waals surface area contributed by atoms with Gasteiger partial charge in [-0.3, -0.25) is 4.79 Å². The van der Waals surface area contributed by atoms with Crippen molar-refractivity contribution in [1.82, 2.24) is 5.32 Å². The van der Waals surface area contributed by atoms with Gasteiger partial charge in [0.2, 0.25) is 6.41 Å². The van der Waals surface area contributed by atoms with Gasteiger partial charge in [-0.1, -0.05) is 44.1 Å². The average molecular weight is 181 g/mol. The van der Waals surface area contributed by atoms with Gasteiger partial charge in [0.15, 0.2) is 0 Å². The Balaban J connectivity index is 3.19. The van der Waals surface area contributed by atoms with E-state index in [2.05, 4.69) is 18.3 Å². The molecule has 0 spiro atoms. The molecule has 1 N–H and O–H groups in total. The Bertz CT molecular complexity index is 161. The summed E-state index contributed by atoms with van der Waals surface area (Å²) in [4.78, 5) is 9.85. The van der Waals surface area contributed by atoms with E-state index in [0.717, 1.165) is 6.42 Å². The highest BCUT2D eigenvalue weighted by molar-refractivity contribution is 5.46. The Morgan fingerprint density at radius 1 is 1.15 bits per heavy atom. The Kier molecular flexibility index (Phi) is 10.1. The molecule has 13 heavy (non-hydrogen) atoms. The number of carbonyl (C=O) groups excluding carboxylic acids is 1. The first-order chi connectivity index (χ1) is 6.41. The Morgan fingerprint density at radius 3 is 2.62 bits per heavy atom. The molecule has 0 aromatic rings. The van der Waals surface area contributed by atoms with Gasteiger partial charge in [0, 0.05) is 6.54 Å². The fraction of sp³-hybridized carbons (Fsp3) is 0.545. The van der Waals surface area contributed by atoms with Gasteiger partial charge in [0.1, 0.15) is 0 Å². The van der Waals surface area contributed by atoms with Crippen molar-refractivity contribution in [3.05, 3.63) is 24.3 Å². The third kappa shape index (κ3) is 10.9. The van der Waals surface area contributed by atoms with Crippen molar-refractivity contribution in [2.45, 2.75) is 32.6 Å². The van der Waals surface area contributed by atoms with Crippen molar-refractivity contribution in [3.63, 3.8) is 0 Å². The highest BCUT2D eigenvalue weighted by Crippen LogP contribution is 1.99. The summed E-state index contributed by atoms with van der Waals surface area (Å²) < 4.78 is 0. The highest BCUT2D eigenvalue weighted by atomic mass is 16.1. The maximum atomic E-state index is 9.85. The number of rotatable bonds is 8. The molecule has 0 aromatic heterocycles. The van der Waals surface area contributed by atoms with Crippen LogP contribution in [0.25, 0.3) is 0 Å². The van der Waals surface area contributed by atoms with Crippen LogP contribution in [-0.2, 0) is 4.79 Å². The van der Waals surface area contributed by atoms with Crippen LogP contribution in [0.4, 0.5) is 0 Å². The summed E-state index contributed by atoms with van der Waals surface area (Å²) >= 11 is 0. The molecule has 0 aliphatic rings. The van der Waals surface area contributed by atoms with Crippen molar-refractivity contribution in [3.8, 4) is 0 Å². The van der Waals surface area contributed by atoms with Crippen LogP contribution in [0.2, 0.25) is 0 Å². The molecule has 0 saturated carbocycles. The van der Waals surface area contributed by atoms with E-state index in [4.69, 9.17) is 0 Å². The van der Waals surface area contributed by atoms with Crippen LogP contribution >= 0.6 is 0 Å². The normalized spacial score (nSPS) is 11.2. The minimum absolute atomic E-state index is 0.614. The second-order valence-corrected chi connectivity index (χ2v) is 2.88. The molecule has 0 bridgehead atoms. The Morgan fingerprint density at radius 2 is 1.92 bits per heavy atom. The number of hydrogen-bond acceptors (Lipinski definition) is 1. The maximum absolute atomic E-state index is 9.85. The van der Waals surface area contributed by atoms with Gasteiger partial charge in [-0.2, -0.15) is 0 Å². The largest absolute Gasteiger partial charge is 0.355 e. The molecule has 0 unspecified atom stereocenters. The molecule has 2 nitrogen and oxygen atoms in total. The fourth-order valence-corrected chi connectivity index (χ4v) is 0.950. The minimum Gasteiger partial charge on any atom is -0.355 e. The van der Waals surface area contributed by atoms with Crippen molar-refractivity contribution in [2.24, 2.45) is 0 Å². The van der Waals surface area contributed by atoms with Gasteiger partial charge in [0.25, 0.3) is 0 Å². The number of nitrogens with one attached hydrogen (secondary N) is 1. The summed E-state index contributed by atoms with van der Waals surface area (Å²) in [6.45, 7) is 2.82. The average Bonchev–Trinajstić information content (AvgIpc) is 2.16. The lowest BCUT2D eigenvalue weighted by Gasteiger charge is -1.90. The van der Waals surface area contributed by atoms with Gasteiger partial charge < -0.3 is 5.32 Å². The fourth-order valence-electron chi connectivity index (χ4n) is 0.950. The first kappa shape index (κ1) is 11.9. The monoisotopic (exact) mass is 181 g/mol. The van der Waals surface area contributed by atoms with Gasteiger partial charge in [0.05, 0.1) is 0 Å². The van der Waals surface area contributed by atoms with Crippen LogP contribution in [0.1, 0.15) is 32.6 Å². The quantitative estimate of drug-likeness (QED) is 0.348. The van der Waals surface area contributed by atoms with Crippen LogP contribution in [0.15, 0.2) is 24.3 Å². The molecular formula is C11H19NO. The summed E-state index contributed by atoms with van der Waals surface area (Å²) in [5.74, 6) is 0. The van der Waals surface area contributed by atoms with Crippen LogP contribution in [0, 0.1) is 0 Å². The second-order valence-electron chi connectivity index (χ2n) is 2.88. The zero-order chi connectivity index (χ0) is 9.78. The van der Waals surface area contributed by atoms with E-state index in [9.17, 15) is 4.79 Å². The molecule has 0 fully saturated rings. The van der Waals surface area contributed by atoms with Crippen LogP contribution in [0.5, 0.6) is 0 Å². The highest BCUT2D eigenvalue weighted by Gasteiger charge is 1.79. The Hall–Kier alpha value is -1.05. The molecule has 0 radical (unpaired) electrons.